The lowest BCUT2D eigenvalue weighted by Crippen LogP contribution is -2.06. The Bertz CT molecular complexity index is 541. The normalized spacial score (nSPS) is 9.73. The van der Waals surface area contributed by atoms with Gasteiger partial charge in [-0.2, -0.15) is 0 Å². The maximum Gasteiger partial charge on any atom is 0.258 e. The Balaban J connectivity index is 0.00000112. The molecule has 0 amide bonds. The van der Waals surface area contributed by atoms with E-state index in [0.29, 0.717) is 21.1 Å². The second kappa shape index (κ2) is 4.63. The molecule has 0 atom stereocenters. The van der Waals surface area contributed by atoms with Gasteiger partial charge in [0.2, 0.25) is 0 Å². The predicted octanol–water partition coefficient (Wildman–Crippen LogP) is 2.12. The first-order valence-corrected chi connectivity index (χ1v) is 4.73. The molecule has 80 valence electrons. The molecule has 0 aliphatic heterocycles. The standard InChI is InChI=1S/C9H7BrN2O2.ClH/c1-14-6-3-2-5-8(7(6)10)11-4-12-9(5)13;/h2-4H,1H3,(H,11,12,13);1H. The molecular weight excluding hydrogens is 283 g/mol. The summed E-state index contributed by atoms with van der Waals surface area (Å²) in [5.74, 6) is 0.663. The number of aromatic nitrogens is 2. The van der Waals surface area contributed by atoms with E-state index in [-0.39, 0.29) is 18.0 Å². The summed E-state index contributed by atoms with van der Waals surface area (Å²) in [7, 11) is 1.57. The highest BCUT2D eigenvalue weighted by molar-refractivity contribution is 9.10. The molecule has 6 heteroatoms. The van der Waals surface area contributed by atoms with Crippen molar-refractivity contribution in [3.8, 4) is 5.75 Å². The lowest BCUT2D eigenvalue weighted by Gasteiger charge is -2.04. The molecule has 0 saturated carbocycles. The van der Waals surface area contributed by atoms with Crippen LogP contribution in [-0.2, 0) is 0 Å². The van der Waals surface area contributed by atoms with Crippen LogP contribution in [0.15, 0.2) is 27.7 Å². The van der Waals surface area contributed by atoms with E-state index >= 15 is 0 Å². The number of halogens is 2. The predicted molar refractivity (Wildman–Crippen MR) is 63.9 cm³/mol. The van der Waals surface area contributed by atoms with Crippen LogP contribution < -0.4 is 10.3 Å². The van der Waals surface area contributed by atoms with E-state index in [2.05, 4.69) is 25.9 Å². The first-order valence-electron chi connectivity index (χ1n) is 3.94. The van der Waals surface area contributed by atoms with Gasteiger partial charge in [-0.3, -0.25) is 4.79 Å². The van der Waals surface area contributed by atoms with Gasteiger partial charge in [0.1, 0.15) is 5.75 Å². The SMILES string of the molecule is COc1ccc2c(=O)[nH]cnc2c1Br.Cl. The van der Waals surface area contributed by atoms with E-state index in [1.807, 2.05) is 0 Å². The number of hydrogen-bond acceptors (Lipinski definition) is 3. The number of nitrogens with zero attached hydrogens (tertiary/aromatic N) is 1. The average Bonchev–Trinajstić information content (AvgIpc) is 2.20. The summed E-state index contributed by atoms with van der Waals surface area (Å²) >= 11 is 3.34. The molecule has 0 spiro atoms. The molecule has 2 rings (SSSR count). The Morgan fingerprint density at radius 2 is 2.20 bits per heavy atom. The van der Waals surface area contributed by atoms with Crippen LogP contribution in [0, 0.1) is 0 Å². The zero-order chi connectivity index (χ0) is 10.1. The lowest BCUT2D eigenvalue weighted by molar-refractivity contribution is 0.413. The van der Waals surface area contributed by atoms with E-state index in [9.17, 15) is 4.79 Å². The van der Waals surface area contributed by atoms with Gasteiger partial charge in [0, 0.05) is 0 Å². The molecular formula is C9H8BrClN2O2. The molecule has 1 heterocycles. The fourth-order valence-corrected chi connectivity index (χ4v) is 1.86. The summed E-state index contributed by atoms with van der Waals surface area (Å²) in [4.78, 5) is 18.0. The van der Waals surface area contributed by atoms with Gasteiger partial charge in [0.25, 0.3) is 5.56 Å². The van der Waals surface area contributed by atoms with Crippen molar-refractivity contribution in [1.29, 1.82) is 0 Å². The highest BCUT2D eigenvalue weighted by Crippen LogP contribution is 2.29. The van der Waals surface area contributed by atoms with Crippen LogP contribution >= 0.6 is 28.3 Å². The van der Waals surface area contributed by atoms with Crippen molar-refractivity contribution in [2.24, 2.45) is 0 Å². The van der Waals surface area contributed by atoms with Crippen LogP contribution in [0.4, 0.5) is 0 Å². The number of rotatable bonds is 1. The monoisotopic (exact) mass is 290 g/mol. The second-order valence-corrected chi connectivity index (χ2v) is 3.50. The van der Waals surface area contributed by atoms with Crippen molar-refractivity contribution in [2.75, 3.05) is 7.11 Å². The third-order valence-corrected chi connectivity index (χ3v) is 2.70. The Morgan fingerprint density at radius 3 is 2.87 bits per heavy atom. The molecule has 0 unspecified atom stereocenters. The minimum absolute atomic E-state index is 0. The Kier molecular flexibility index (Phi) is 3.71. The lowest BCUT2D eigenvalue weighted by atomic mass is 10.2. The molecule has 0 aliphatic rings. The van der Waals surface area contributed by atoms with Gasteiger partial charge in [-0.15, -0.1) is 12.4 Å². The Morgan fingerprint density at radius 1 is 1.47 bits per heavy atom. The molecule has 1 aromatic heterocycles. The highest BCUT2D eigenvalue weighted by Gasteiger charge is 2.07. The number of methoxy groups -OCH3 is 1. The van der Waals surface area contributed by atoms with Crippen molar-refractivity contribution in [3.63, 3.8) is 0 Å². The molecule has 0 bridgehead atoms. The smallest absolute Gasteiger partial charge is 0.258 e. The molecule has 2 aromatic rings. The van der Waals surface area contributed by atoms with E-state index in [1.54, 1.807) is 19.2 Å². The number of hydrogen-bond donors (Lipinski definition) is 1. The minimum atomic E-state index is -0.154. The van der Waals surface area contributed by atoms with Gasteiger partial charge in [-0.05, 0) is 28.1 Å². The maximum absolute atomic E-state index is 11.4. The first-order chi connectivity index (χ1) is 6.74. The molecule has 1 aromatic carbocycles. The highest BCUT2D eigenvalue weighted by atomic mass is 79.9. The summed E-state index contributed by atoms with van der Waals surface area (Å²) in [6.07, 6.45) is 1.37. The van der Waals surface area contributed by atoms with Crippen molar-refractivity contribution in [2.45, 2.75) is 0 Å². The molecule has 0 radical (unpaired) electrons. The van der Waals surface area contributed by atoms with Gasteiger partial charge in [0.15, 0.2) is 0 Å². The molecule has 4 nitrogen and oxygen atoms in total. The zero-order valence-electron chi connectivity index (χ0n) is 7.78. The van der Waals surface area contributed by atoms with Crippen LogP contribution in [0.5, 0.6) is 5.75 Å². The number of aromatic amines is 1. The molecule has 1 N–H and O–H groups in total. The largest absolute Gasteiger partial charge is 0.495 e. The third kappa shape index (κ3) is 1.98. The minimum Gasteiger partial charge on any atom is -0.495 e. The van der Waals surface area contributed by atoms with Gasteiger partial charge in [-0.1, -0.05) is 0 Å². The third-order valence-electron chi connectivity index (χ3n) is 1.93. The number of fused-ring (bicyclic) bond motifs is 1. The Labute approximate surface area is 100 Å². The van der Waals surface area contributed by atoms with Crippen molar-refractivity contribution in [1.82, 2.24) is 9.97 Å². The molecule has 15 heavy (non-hydrogen) atoms. The number of benzene rings is 1. The van der Waals surface area contributed by atoms with Gasteiger partial charge < -0.3 is 9.72 Å². The maximum atomic E-state index is 11.4. The average molecular weight is 292 g/mol. The van der Waals surface area contributed by atoms with Crippen LogP contribution in [0.25, 0.3) is 10.9 Å². The fraction of sp³-hybridized carbons (Fsp3) is 0.111. The number of nitrogens with one attached hydrogen (secondary N) is 1. The van der Waals surface area contributed by atoms with Gasteiger partial charge in [0.05, 0.1) is 28.8 Å². The van der Waals surface area contributed by atoms with Crippen molar-refractivity contribution < 1.29 is 4.74 Å². The van der Waals surface area contributed by atoms with Gasteiger partial charge in [-0.25, -0.2) is 4.98 Å². The number of ether oxygens (including phenoxy) is 1. The first kappa shape index (κ1) is 12.0. The van der Waals surface area contributed by atoms with E-state index < -0.39 is 0 Å². The van der Waals surface area contributed by atoms with Crippen molar-refractivity contribution in [3.05, 3.63) is 33.3 Å². The zero-order valence-corrected chi connectivity index (χ0v) is 10.2. The Hall–Kier alpha value is -1.07. The summed E-state index contributed by atoms with van der Waals surface area (Å²) in [5.41, 5.74) is 0.450. The molecule has 0 fully saturated rings. The van der Waals surface area contributed by atoms with E-state index in [0.717, 1.165) is 0 Å². The summed E-state index contributed by atoms with van der Waals surface area (Å²) in [5, 5.41) is 0.542. The molecule has 0 saturated heterocycles. The van der Waals surface area contributed by atoms with Gasteiger partial charge >= 0.3 is 0 Å². The van der Waals surface area contributed by atoms with E-state index in [4.69, 9.17) is 4.74 Å². The van der Waals surface area contributed by atoms with Crippen LogP contribution in [0.1, 0.15) is 0 Å². The fourth-order valence-electron chi connectivity index (χ4n) is 1.25. The van der Waals surface area contributed by atoms with Crippen LogP contribution in [0.2, 0.25) is 0 Å². The van der Waals surface area contributed by atoms with E-state index in [1.165, 1.54) is 6.33 Å². The van der Waals surface area contributed by atoms with Crippen LogP contribution in [-0.4, -0.2) is 17.1 Å². The summed E-state index contributed by atoms with van der Waals surface area (Å²) in [6, 6.07) is 3.41. The van der Waals surface area contributed by atoms with Crippen molar-refractivity contribution >= 4 is 39.2 Å². The summed E-state index contributed by atoms with van der Waals surface area (Å²) in [6.45, 7) is 0. The topological polar surface area (TPSA) is 55.0 Å². The second-order valence-electron chi connectivity index (χ2n) is 2.71. The van der Waals surface area contributed by atoms with Crippen LogP contribution in [0.3, 0.4) is 0 Å². The quantitative estimate of drug-likeness (QED) is 0.875. The molecule has 0 aliphatic carbocycles. The summed E-state index contributed by atoms with van der Waals surface area (Å²) < 4.78 is 5.79. The number of H-pyrrole nitrogens is 1.